The number of aromatic carboxylic acids is 1. The second-order valence-corrected chi connectivity index (χ2v) is 9.27. The summed E-state index contributed by atoms with van der Waals surface area (Å²) in [5.41, 5.74) is 3.23. The van der Waals surface area contributed by atoms with Crippen molar-refractivity contribution < 1.29 is 24.3 Å². The quantitative estimate of drug-likeness (QED) is 0.465. The fourth-order valence-corrected chi connectivity index (χ4v) is 4.93. The summed E-state index contributed by atoms with van der Waals surface area (Å²) in [5.74, 6) is -2.68. The zero-order chi connectivity index (χ0) is 26.1. The van der Waals surface area contributed by atoms with Crippen LogP contribution in [0.15, 0.2) is 60.7 Å². The number of nitrogens with one attached hydrogen (secondary N) is 1. The highest BCUT2D eigenvalue weighted by molar-refractivity contribution is 6.35. The molecule has 5 rings (SSSR count). The lowest BCUT2D eigenvalue weighted by Gasteiger charge is -2.31. The van der Waals surface area contributed by atoms with E-state index in [2.05, 4.69) is 10.2 Å². The zero-order valence-electron chi connectivity index (χ0n) is 20.5. The SMILES string of the molecule is CCc1cccc(NC(=O)c2cc(N3C(=O)c4ccc(C(=O)O)cc4C3=O)ccc2N2CCCCC2)c1. The number of carbonyl (C=O) groups excluding carboxylic acids is 3. The normalized spacial score (nSPS) is 15.1. The topological polar surface area (TPSA) is 107 Å². The van der Waals surface area contributed by atoms with Gasteiger partial charge >= 0.3 is 5.97 Å². The number of rotatable bonds is 6. The van der Waals surface area contributed by atoms with Gasteiger partial charge in [0.25, 0.3) is 17.7 Å². The molecule has 37 heavy (non-hydrogen) atoms. The monoisotopic (exact) mass is 497 g/mol. The van der Waals surface area contributed by atoms with Crippen molar-refractivity contribution in [2.24, 2.45) is 0 Å². The Morgan fingerprint density at radius 3 is 2.38 bits per heavy atom. The largest absolute Gasteiger partial charge is 0.478 e. The first-order valence-electron chi connectivity index (χ1n) is 12.4. The van der Waals surface area contributed by atoms with Gasteiger partial charge in [0.1, 0.15) is 0 Å². The maximum atomic E-state index is 13.6. The molecule has 2 aliphatic rings. The molecule has 2 N–H and O–H groups in total. The number of imide groups is 1. The summed E-state index contributed by atoms with van der Waals surface area (Å²) in [6.45, 7) is 3.67. The summed E-state index contributed by atoms with van der Waals surface area (Å²) < 4.78 is 0. The highest BCUT2D eigenvalue weighted by Crippen LogP contribution is 2.34. The Kier molecular flexibility index (Phi) is 6.48. The first-order chi connectivity index (χ1) is 17.9. The lowest BCUT2D eigenvalue weighted by atomic mass is 10.0. The summed E-state index contributed by atoms with van der Waals surface area (Å²) in [6, 6.07) is 16.5. The Hall–Kier alpha value is -4.46. The summed E-state index contributed by atoms with van der Waals surface area (Å²) >= 11 is 0. The van der Waals surface area contributed by atoms with Crippen LogP contribution in [-0.2, 0) is 6.42 Å². The predicted octanol–water partition coefficient (Wildman–Crippen LogP) is 4.99. The van der Waals surface area contributed by atoms with Gasteiger partial charge in [-0.2, -0.15) is 0 Å². The number of benzene rings is 3. The van der Waals surface area contributed by atoms with Crippen LogP contribution < -0.4 is 15.1 Å². The van der Waals surface area contributed by atoms with Crippen molar-refractivity contribution in [1.82, 2.24) is 0 Å². The van der Waals surface area contributed by atoms with E-state index < -0.39 is 17.8 Å². The van der Waals surface area contributed by atoms with Crippen molar-refractivity contribution in [3.8, 4) is 0 Å². The van der Waals surface area contributed by atoms with E-state index in [0.29, 0.717) is 11.3 Å². The molecule has 3 aromatic rings. The average molecular weight is 498 g/mol. The van der Waals surface area contributed by atoms with E-state index in [9.17, 15) is 24.3 Å². The highest BCUT2D eigenvalue weighted by Gasteiger charge is 2.38. The molecule has 3 aromatic carbocycles. The van der Waals surface area contributed by atoms with E-state index >= 15 is 0 Å². The number of nitrogens with zero attached hydrogens (tertiary/aromatic N) is 2. The van der Waals surface area contributed by atoms with Crippen LogP contribution in [0, 0.1) is 0 Å². The van der Waals surface area contributed by atoms with Crippen molar-refractivity contribution in [3.63, 3.8) is 0 Å². The van der Waals surface area contributed by atoms with Crippen molar-refractivity contribution in [2.45, 2.75) is 32.6 Å². The van der Waals surface area contributed by atoms with E-state index in [0.717, 1.165) is 54.9 Å². The van der Waals surface area contributed by atoms with Crippen LogP contribution >= 0.6 is 0 Å². The number of amides is 3. The van der Waals surface area contributed by atoms with E-state index in [1.165, 1.54) is 18.2 Å². The Morgan fingerprint density at radius 2 is 1.65 bits per heavy atom. The van der Waals surface area contributed by atoms with Crippen LogP contribution in [0.3, 0.4) is 0 Å². The van der Waals surface area contributed by atoms with Crippen molar-refractivity contribution in [3.05, 3.63) is 88.5 Å². The van der Waals surface area contributed by atoms with E-state index in [-0.39, 0.29) is 28.3 Å². The van der Waals surface area contributed by atoms with Crippen LogP contribution in [0.2, 0.25) is 0 Å². The van der Waals surface area contributed by atoms with E-state index in [1.807, 2.05) is 31.2 Å². The third-order valence-electron chi connectivity index (χ3n) is 6.91. The molecule has 0 unspecified atom stereocenters. The second-order valence-electron chi connectivity index (χ2n) is 9.27. The molecule has 1 saturated heterocycles. The van der Waals surface area contributed by atoms with Gasteiger partial charge in [0.2, 0.25) is 0 Å². The van der Waals surface area contributed by atoms with Gasteiger partial charge in [0, 0.05) is 24.5 Å². The lowest BCUT2D eigenvalue weighted by molar-refractivity contribution is 0.0696. The van der Waals surface area contributed by atoms with Crippen LogP contribution in [0.4, 0.5) is 17.1 Å². The summed E-state index contributed by atoms with van der Waals surface area (Å²) in [7, 11) is 0. The number of hydrogen-bond acceptors (Lipinski definition) is 5. The Bertz CT molecular complexity index is 1420. The highest BCUT2D eigenvalue weighted by atomic mass is 16.4. The fraction of sp³-hybridized carbons (Fsp3) is 0.241. The smallest absolute Gasteiger partial charge is 0.335 e. The van der Waals surface area contributed by atoms with Crippen LogP contribution in [0.25, 0.3) is 0 Å². The van der Waals surface area contributed by atoms with Gasteiger partial charge in [-0.1, -0.05) is 19.1 Å². The van der Waals surface area contributed by atoms with Gasteiger partial charge in [0.15, 0.2) is 0 Å². The molecule has 3 amide bonds. The summed E-state index contributed by atoms with van der Waals surface area (Å²) in [5, 5.41) is 12.3. The molecular formula is C29H27N3O5. The van der Waals surface area contributed by atoms with Crippen molar-refractivity contribution in [2.75, 3.05) is 28.2 Å². The van der Waals surface area contributed by atoms with Crippen LogP contribution in [0.5, 0.6) is 0 Å². The molecule has 188 valence electrons. The molecule has 1 fully saturated rings. The fourth-order valence-electron chi connectivity index (χ4n) is 4.93. The second kappa shape index (κ2) is 9.89. The lowest BCUT2D eigenvalue weighted by Crippen LogP contribution is -2.33. The van der Waals surface area contributed by atoms with Gasteiger partial charge in [-0.05, 0) is 79.8 Å². The molecule has 0 saturated carbocycles. The number of carboxylic acid groups (broad SMARTS) is 1. The van der Waals surface area contributed by atoms with Gasteiger partial charge in [-0.25, -0.2) is 9.69 Å². The molecular weight excluding hydrogens is 470 g/mol. The molecule has 0 radical (unpaired) electrons. The molecule has 0 spiro atoms. The van der Waals surface area contributed by atoms with Crippen LogP contribution in [-0.4, -0.2) is 41.9 Å². The van der Waals surface area contributed by atoms with Gasteiger partial charge in [-0.15, -0.1) is 0 Å². The number of fused-ring (bicyclic) bond motifs is 1. The minimum atomic E-state index is -1.18. The van der Waals surface area contributed by atoms with Gasteiger partial charge in [0.05, 0.1) is 27.9 Å². The Morgan fingerprint density at radius 1 is 0.892 bits per heavy atom. The number of anilines is 3. The Labute approximate surface area is 214 Å². The standard InChI is InChI=1S/C29H27N3O5/c1-2-18-7-6-8-20(15-18)30-26(33)24-17-21(10-12-25(24)31-13-4-3-5-14-31)32-27(34)22-11-9-19(29(36)37)16-23(22)28(32)35/h6-12,15-17H,2-5,13-14H2,1H3,(H,30,33)(H,36,37). The molecule has 2 heterocycles. The molecule has 8 nitrogen and oxygen atoms in total. The number of carbonyl (C=O) groups is 4. The van der Waals surface area contributed by atoms with Crippen LogP contribution in [0.1, 0.15) is 73.2 Å². The predicted molar refractivity (Wildman–Crippen MR) is 141 cm³/mol. The molecule has 0 bridgehead atoms. The summed E-state index contributed by atoms with van der Waals surface area (Å²) in [6.07, 6.45) is 4.01. The van der Waals surface area contributed by atoms with Gasteiger partial charge in [-0.3, -0.25) is 14.4 Å². The molecule has 0 aromatic heterocycles. The third kappa shape index (κ3) is 4.58. The number of aryl methyl sites for hydroxylation is 1. The van der Waals surface area contributed by atoms with Crippen molar-refractivity contribution in [1.29, 1.82) is 0 Å². The molecule has 8 heteroatoms. The third-order valence-corrected chi connectivity index (χ3v) is 6.91. The first-order valence-corrected chi connectivity index (χ1v) is 12.4. The molecule has 0 aliphatic carbocycles. The minimum absolute atomic E-state index is 0.0346. The maximum Gasteiger partial charge on any atom is 0.335 e. The number of carboxylic acids is 1. The molecule has 2 aliphatic heterocycles. The molecule has 0 atom stereocenters. The maximum absolute atomic E-state index is 13.6. The number of hydrogen-bond donors (Lipinski definition) is 2. The zero-order valence-corrected chi connectivity index (χ0v) is 20.5. The van der Waals surface area contributed by atoms with Gasteiger partial charge < -0.3 is 15.3 Å². The first kappa shape index (κ1) is 24.2. The van der Waals surface area contributed by atoms with E-state index in [1.54, 1.807) is 18.2 Å². The number of piperidine rings is 1. The van der Waals surface area contributed by atoms with Crippen molar-refractivity contribution >= 4 is 40.8 Å². The minimum Gasteiger partial charge on any atom is -0.478 e. The average Bonchev–Trinajstić information content (AvgIpc) is 3.17. The summed E-state index contributed by atoms with van der Waals surface area (Å²) in [4.78, 5) is 54.5. The van der Waals surface area contributed by atoms with E-state index in [4.69, 9.17) is 0 Å². The Balaban J connectivity index is 1.53.